The summed E-state index contributed by atoms with van der Waals surface area (Å²) in [6, 6.07) is 1.96. The molecule has 0 unspecified atom stereocenters. The summed E-state index contributed by atoms with van der Waals surface area (Å²) >= 11 is 0. The SMILES string of the molecule is C#CCN(CC#N)C(=O)CN1CCCNCC1. The minimum atomic E-state index is -0.0635. The summed E-state index contributed by atoms with van der Waals surface area (Å²) in [5.41, 5.74) is 0. The van der Waals surface area contributed by atoms with Gasteiger partial charge < -0.3 is 10.2 Å². The molecule has 0 aromatic heterocycles. The zero-order valence-electron chi connectivity index (χ0n) is 9.98. The maximum absolute atomic E-state index is 11.9. The summed E-state index contributed by atoms with van der Waals surface area (Å²) in [5, 5.41) is 11.9. The fraction of sp³-hybridized carbons (Fsp3) is 0.667. The largest absolute Gasteiger partial charge is 0.317 e. The number of nitrogens with zero attached hydrogens (tertiary/aromatic N) is 3. The van der Waals surface area contributed by atoms with Crippen molar-refractivity contribution in [1.82, 2.24) is 15.1 Å². The molecule has 1 heterocycles. The van der Waals surface area contributed by atoms with Gasteiger partial charge in [0.15, 0.2) is 0 Å². The number of hydrogen-bond donors (Lipinski definition) is 1. The molecule has 1 fully saturated rings. The molecule has 1 aliphatic rings. The highest BCUT2D eigenvalue weighted by molar-refractivity contribution is 5.78. The third kappa shape index (κ3) is 4.86. The molecular weight excluding hydrogens is 216 g/mol. The Kier molecular flexibility index (Phi) is 6.09. The van der Waals surface area contributed by atoms with E-state index in [0.717, 1.165) is 32.6 Å². The van der Waals surface area contributed by atoms with E-state index in [4.69, 9.17) is 11.7 Å². The predicted molar refractivity (Wildman–Crippen MR) is 65.0 cm³/mol. The third-order valence-corrected chi connectivity index (χ3v) is 2.69. The molecule has 0 atom stereocenters. The molecule has 1 N–H and O–H groups in total. The Hall–Kier alpha value is -1.56. The van der Waals surface area contributed by atoms with Crippen LogP contribution >= 0.6 is 0 Å². The smallest absolute Gasteiger partial charge is 0.238 e. The Morgan fingerprint density at radius 1 is 1.41 bits per heavy atom. The zero-order chi connectivity index (χ0) is 12.5. The van der Waals surface area contributed by atoms with E-state index in [2.05, 4.69) is 16.1 Å². The highest BCUT2D eigenvalue weighted by Crippen LogP contribution is 1.98. The van der Waals surface area contributed by atoms with Crippen LogP contribution in [-0.4, -0.2) is 61.5 Å². The molecule has 92 valence electrons. The van der Waals surface area contributed by atoms with Crippen LogP contribution in [0.3, 0.4) is 0 Å². The molecule has 5 heteroatoms. The van der Waals surface area contributed by atoms with Gasteiger partial charge in [0.2, 0.25) is 5.91 Å². The summed E-state index contributed by atoms with van der Waals surface area (Å²) < 4.78 is 0. The number of hydrogen-bond acceptors (Lipinski definition) is 4. The van der Waals surface area contributed by atoms with E-state index < -0.39 is 0 Å². The Morgan fingerprint density at radius 2 is 2.24 bits per heavy atom. The van der Waals surface area contributed by atoms with Crippen molar-refractivity contribution in [3.8, 4) is 18.4 Å². The van der Waals surface area contributed by atoms with Crippen LogP contribution in [0.5, 0.6) is 0 Å². The van der Waals surface area contributed by atoms with Crippen molar-refractivity contribution in [3.05, 3.63) is 0 Å². The topological polar surface area (TPSA) is 59.4 Å². The monoisotopic (exact) mass is 234 g/mol. The molecule has 0 saturated carbocycles. The molecular formula is C12H18N4O. The summed E-state index contributed by atoms with van der Waals surface area (Å²) in [7, 11) is 0. The number of terminal acetylenes is 1. The van der Waals surface area contributed by atoms with Crippen LogP contribution in [0.15, 0.2) is 0 Å². The first-order valence-corrected chi connectivity index (χ1v) is 5.79. The first-order valence-electron chi connectivity index (χ1n) is 5.79. The minimum Gasteiger partial charge on any atom is -0.317 e. The van der Waals surface area contributed by atoms with Crippen LogP contribution in [0.4, 0.5) is 0 Å². The number of nitrogens with one attached hydrogen (secondary N) is 1. The number of amides is 1. The van der Waals surface area contributed by atoms with Gasteiger partial charge in [-0.05, 0) is 19.5 Å². The lowest BCUT2D eigenvalue weighted by Gasteiger charge is -2.23. The van der Waals surface area contributed by atoms with Gasteiger partial charge in [-0.1, -0.05) is 5.92 Å². The highest BCUT2D eigenvalue weighted by Gasteiger charge is 2.17. The van der Waals surface area contributed by atoms with E-state index in [1.807, 2.05) is 6.07 Å². The fourth-order valence-electron chi connectivity index (χ4n) is 1.78. The summed E-state index contributed by atoms with van der Waals surface area (Å²) in [4.78, 5) is 15.4. The Labute approximate surface area is 102 Å². The van der Waals surface area contributed by atoms with Crippen molar-refractivity contribution < 1.29 is 4.79 Å². The van der Waals surface area contributed by atoms with Gasteiger partial charge in [-0.25, -0.2) is 0 Å². The second-order valence-corrected chi connectivity index (χ2v) is 3.99. The predicted octanol–water partition coefficient (Wildman–Crippen LogP) is -0.733. The summed E-state index contributed by atoms with van der Waals surface area (Å²) in [6.45, 7) is 4.30. The molecule has 0 aromatic rings. The molecule has 0 radical (unpaired) electrons. The van der Waals surface area contributed by atoms with E-state index in [0.29, 0.717) is 6.54 Å². The van der Waals surface area contributed by atoms with Crippen LogP contribution in [-0.2, 0) is 4.79 Å². The van der Waals surface area contributed by atoms with Crippen molar-refractivity contribution in [2.45, 2.75) is 6.42 Å². The number of carbonyl (C=O) groups is 1. The van der Waals surface area contributed by atoms with Crippen molar-refractivity contribution in [2.75, 3.05) is 45.8 Å². The first kappa shape index (κ1) is 13.5. The van der Waals surface area contributed by atoms with Gasteiger partial charge in [-0.3, -0.25) is 9.69 Å². The van der Waals surface area contributed by atoms with E-state index in [1.165, 1.54) is 4.90 Å². The van der Waals surface area contributed by atoms with Gasteiger partial charge in [-0.15, -0.1) is 6.42 Å². The summed E-state index contributed by atoms with van der Waals surface area (Å²) in [6.07, 6.45) is 6.22. The lowest BCUT2D eigenvalue weighted by atomic mass is 10.3. The Bertz CT molecular complexity index is 304. The van der Waals surface area contributed by atoms with Crippen molar-refractivity contribution >= 4 is 5.91 Å². The van der Waals surface area contributed by atoms with E-state index in [-0.39, 0.29) is 19.0 Å². The molecule has 1 saturated heterocycles. The number of nitriles is 1. The number of rotatable bonds is 4. The molecule has 1 amide bonds. The number of carbonyl (C=O) groups excluding carboxylic acids is 1. The van der Waals surface area contributed by atoms with Crippen LogP contribution in [0.1, 0.15) is 6.42 Å². The van der Waals surface area contributed by atoms with E-state index >= 15 is 0 Å². The van der Waals surface area contributed by atoms with Crippen molar-refractivity contribution in [3.63, 3.8) is 0 Å². The standard InChI is InChI=1S/C12H18N4O/c1-2-7-16(9-4-13)12(17)11-15-8-3-5-14-6-10-15/h1,14H,3,5-11H2. The summed E-state index contributed by atoms with van der Waals surface area (Å²) in [5.74, 6) is 2.34. The maximum atomic E-state index is 11.9. The molecule has 0 aliphatic carbocycles. The second kappa shape index (κ2) is 7.67. The fourth-order valence-corrected chi connectivity index (χ4v) is 1.78. The van der Waals surface area contributed by atoms with Crippen LogP contribution in [0, 0.1) is 23.7 Å². The molecule has 0 aromatic carbocycles. The van der Waals surface area contributed by atoms with Gasteiger partial charge in [0, 0.05) is 13.1 Å². The molecule has 0 spiro atoms. The highest BCUT2D eigenvalue weighted by atomic mass is 16.2. The minimum absolute atomic E-state index is 0.0635. The lowest BCUT2D eigenvalue weighted by molar-refractivity contribution is -0.131. The third-order valence-electron chi connectivity index (χ3n) is 2.69. The van der Waals surface area contributed by atoms with Crippen LogP contribution in [0.2, 0.25) is 0 Å². The van der Waals surface area contributed by atoms with E-state index in [1.54, 1.807) is 0 Å². The van der Waals surface area contributed by atoms with Gasteiger partial charge in [0.1, 0.15) is 6.54 Å². The van der Waals surface area contributed by atoms with Crippen molar-refractivity contribution in [1.29, 1.82) is 5.26 Å². The molecule has 5 nitrogen and oxygen atoms in total. The molecule has 0 bridgehead atoms. The second-order valence-electron chi connectivity index (χ2n) is 3.99. The van der Waals surface area contributed by atoms with Gasteiger partial charge >= 0.3 is 0 Å². The van der Waals surface area contributed by atoms with Gasteiger partial charge in [0.05, 0.1) is 19.2 Å². The van der Waals surface area contributed by atoms with E-state index in [9.17, 15) is 4.79 Å². The molecule has 1 aliphatic heterocycles. The average Bonchev–Trinajstić information content (AvgIpc) is 2.57. The van der Waals surface area contributed by atoms with Gasteiger partial charge in [0.25, 0.3) is 0 Å². The van der Waals surface area contributed by atoms with Crippen LogP contribution < -0.4 is 5.32 Å². The normalized spacial score (nSPS) is 16.6. The quantitative estimate of drug-likeness (QED) is 0.514. The van der Waals surface area contributed by atoms with Gasteiger partial charge in [-0.2, -0.15) is 5.26 Å². The molecule has 1 rings (SSSR count). The Balaban J connectivity index is 2.45. The van der Waals surface area contributed by atoms with Crippen LogP contribution in [0.25, 0.3) is 0 Å². The molecule has 17 heavy (non-hydrogen) atoms. The van der Waals surface area contributed by atoms with Crippen molar-refractivity contribution in [2.24, 2.45) is 0 Å². The maximum Gasteiger partial charge on any atom is 0.238 e. The first-order chi connectivity index (χ1) is 8.27. The lowest BCUT2D eigenvalue weighted by Crippen LogP contribution is -2.41. The average molecular weight is 234 g/mol. The Morgan fingerprint density at radius 3 is 2.94 bits per heavy atom. The zero-order valence-corrected chi connectivity index (χ0v) is 9.98.